The molecule has 9 nitrogen and oxygen atoms in total. The standard InChI is InChI=1S/C26H39N5O4/c1-18-15-31(19(2)17-32)25(33)22-13-20(9-8-12-29(3)4)14-27-24(22)35-23(18)16-30(5)26(34)28-21-10-6-7-11-21/h13-14,18-19,21,23,32H,6-7,10-12,15-17H2,1-5H3,(H,28,34)/t18-,19+,23+/m1/s1. The second-order valence-electron chi connectivity index (χ2n) is 10.1. The largest absolute Gasteiger partial charge is 0.472 e. The normalized spacial score (nSPS) is 21.3. The van der Waals surface area contributed by atoms with Gasteiger partial charge in [0.2, 0.25) is 5.88 Å². The molecule has 1 aliphatic carbocycles. The predicted octanol–water partition coefficient (Wildman–Crippen LogP) is 1.80. The minimum Gasteiger partial charge on any atom is -0.472 e. The van der Waals surface area contributed by atoms with Crippen molar-refractivity contribution in [2.45, 2.75) is 57.7 Å². The van der Waals surface area contributed by atoms with Crippen molar-refractivity contribution in [1.82, 2.24) is 25.0 Å². The molecule has 192 valence electrons. The van der Waals surface area contributed by atoms with Crippen molar-refractivity contribution < 1.29 is 19.4 Å². The number of nitrogens with one attached hydrogen (secondary N) is 1. The first-order valence-corrected chi connectivity index (χ1v) is 12.4. The van der Waals surface area contributed by atoms with Crippen LogP contribution in [0.15, 0.2) is 12.3 Å². The molecule has 3 amide bonds. The van der Waals surface area contributed by atoms with Crippen molar-refractivity contribution in [1.29, 1.82) is 0 Å². The van der Waals surface area contributed by atoms with Gasteiger partial charge in [0.05, 0.1) is 25.7 Å². The third kappa shape index (κ3) is 7.09. The highest BCUT2D eigenvalue weighted by atomic mass is 16.5. The Morgan fingerprint density at radius 3 is 2.71 bits per heavy atom. The average Bonchev–Trinajstić information content (AvgIpc) is 3.33. The first kappa shape index (κ1) is 26.8. The van der Waals surface area contributed by atoms with E-state index in [2.05, 4.69) is 22.1 Å². The first-order valence-electron chi connectivity index (χ1n) is 12.4. The number of ether oxygens (including phenoxy) is 1. The quantitative estimate of drug-likeness (QED) is 0.597. The Labute approximate surface area is 208 Å². The van der Waals surface area contributed by atoms with Gasteiger partial charge < -0.3 is 25.0 Å². The lowest BCUT2D eigenvalue weighted by Gasteiger charge is -2.37. The number of rotatable bonds is 6. The molecule has 2 heterocycles. The maximum absolute atomic E-state index is 13.5. The number of carbonyl (C=O) groups is 2. The fraction of sp³-hybridized carbons (Fsp3) is 0.654. The minimum atomic E-state index is -0.382. The van der Waals surface area contributed by atoms with Crippen LogP contribution in [0.2, 0.25) is 0 Å². The number of fused-ring (bicyclic) bond motifs is 1. The summed E-state index contributed by atoms with van der Waals surface area (Å²) in [6, 6.07) is 1.44. The molecule has 3 atom stereocenters. The van der Waals surface area contributed by atoms with Gasteiger partial charge in [-0.3, -0.25) is 9.69 Å². The molecular formula is C26H39N5O4. The third-order valence-electron chi connectivity index (χ3n) is 6.63. The van der Waals surface area contributed by atoms with Gasteiger partial charge in [-0.15, -0.1) is 0 Å². The second-order valence-corrected chi connectivity index (χ2v) is 10.1. The Hall–Kier alpha value is -2.83. The Morgan fingerprint density at radius 1 is 1.34 bits per heavy atom. The number of likely N-dealkylation sites (N-methyl/N-ethyl adjacent to an activating group) is 1. The van der Waals surface area contributed by atoms with Gasteiger partial charge in [0, 0.05) is 37.3 Å². The molecule has 2 N–H and O–H groups in total. The Morgan fingerprint density at radius 2 is 2.06 bits per heavy atom. The molecule has 0 bridgehead atoms. The van der Waals surface area contributed by atoms with Crippen LogP contribution >= 0.6 is 0 Å². The lowest BCUT2D eigenvalue weighted by molar-refractivity contribution is 0.0351. The van der Waals surface area contributed by atoms with Crippen LogP contribution in [0, 0.1) is 17.8 Å². The van der Waals surface area contributed by atoms with Crippen LogP contribution in [0.5, 0.6) is 5.88 Å². The fourth-order valence-corrected chi connectivity index (χ4v) is 4.40. The van der Waals surface area contributed by atoms with Gasteiger partial charge in [0.1, 0.15) is 11.7 Å². The summed E-state index contributed by atoms with van der Waals surface area (Å²) < 4.78 is 6.27. The summed E-state index contributed by atoms with van der Waals surface area (Å²) in [7, 11) is 5.63. The molecule has 0 saturated heterocycles. The Bertz CT molecular complexity index is 951. The molecule has 1 fully saturated rings. The Balaban J connectivity index is 1.85. The summed E-state index contributed by atoms with van der Waals surface area (Å²) in [5.41, 5.74) is 0.939. The van der Waals surface area contributed by atoms with Crippen LogP contribution in [0.1, 0.15) is 55.5 Å². The summed E-state index contributed by atoms with van der Waals surface area (Å²) in [5.74, 6) is 6.00. The van der Waals surface area contributed by atoms with E-state index in [-0.39, 0.29) is 48.5 Å². The van der Waals surface area contributed by atoms with E-state index in [1.807, 2.05) is 32.8 Å². The minimum absolute atomic E-state index is 0.0933. The van der Waals surface area contributed by atoms with Gasteiger partial charge in [-0.25, -0.2) is 9.78 Å². The third-order valence-corrected chi connectivity index (χ3v) is 6.63. The molecule has 1 aliphatic heterocycles. The van der Waals surface area contributed by atoms with Gasteiger partial charge in [0.15, 0.2) is 0 Å². The summed E-state index contributed by atoms with van der Waals surface area (Å²) >= 11 is 0. The highest BCUT2D eigenvalue weighted by Crippen LogP contribution is 2.27. The lowest BCUT2D eigenvalue weighted by atomic mass is 10.00. The maximum atomic E-state index is 13.5. The number of aromatic nitrogens is 1. The van der Waals surface area contributed by atoms with Gasteiger partial charge in [-0.1, -0.05) is 31.6 Å². The smallest absolute Gasteiger partial charge is 0.317 e. The summed E-state index contributed by atoms with van der Waals surface area (Å²) in [4.78, 5) is 35.9. The van der Waals surface area contributed by atoms with Crippen molar-refractivity contribution in [3.8, 4) is 17.7 Å². The Kier molecular flexibility index (Phi) is 9.35. The number of pyridine rings is 1. The zero-order valence-corrected chi connectivity index (χ0v) is 21.6. The lowest BCUT2D eigenvalue weighted by Crippen LogP contribution is -2.52. The molecule has 0 unspecified atom stereocenters. The monoisotopic (exact) mass is 485 g/mol. The number of amides is 3. The molecule has 0 aromatic carbocycles. The highest BCUT2D eigenvalue weighted by Gasteiger charge is 2.35. The van der Waals surface area contributed by atoms with E-state index in [0.717, 1.165) is 25.7 Å². The van der Waals surface area contributed by atoms with Crippen molar-refractivity contribution >= 4 is 11.9 Å². The SMILES string of the molecule is C[C@@H]1CN([C@@H](C)CO)C(=O)c2cc(C#CCN(C)C)cnc2O[C@H]1CN(C)C(=O)NC1CCCC1. The van der Waals surface area contributed by atoms with Crippen molar-refractivity contribution in [3.63, 3.8) is 0 Å². The summed E-state index contributed by atoms with van der Waals surface area (Å²) in [5, 5.41) is 12.9. The van der Waals surface area contributed by atoms with Crippen LogP contribution in [0.3, 0.4) is 0 Å². The first-order chi connectivity index (χ1) is 16.7. The van der Waals surface area contributed by atoms with Gasteiger partial charge in [0.25, 0.3) is 5.91 Å². The number of hydrogen-bond acceptors (Lipinski definition) is 6. The number of hydrogen-bond donors (Lipinski definition) is 2. The number of nitrogens with zero attached hydrogens (tertiary/aromatic N) is 4. The predicted molar refractivity (Wildman–Crippen MR) is 134 cm³/mol. The van der Waals surface area contributed by atoms with E-state index in [4.69, 9.17) is 4.74 Å². The van der Waals surface area contributed by atoms with Crippen LogP contribution in [0.25, 0.3) is 0 Å². The van der Waals surface area contributed by atoms with Gasteiger partial charge >= 0.3 is 6.03 Å². The number of urea groups is 1. The fourth-order valence-electron chi connectivity index (χ4n) is 4.40. The van der Waals surface area contributed by atoms with Crippen LogP contribution < -0.4 is 10.1 Å². The molecular weight excluding hydrogens is 446 g/mol. The molecule has 1 saturated carbocycles. The van der Waals surface area contributed by atoms with Crippen molar-refractivity contribution in [2.24, 2.45) is 5.92 Å². The van der Waals surface area contributed by atoms with Crippen LogP contribution in [0.4, 0.5) is 4.79 Å². The van der Waals surface area contributed by atoms with Crippen LogP contribution in [-0.4, -0.2) is 102 Å². The summed E-state index contributed by atoms with van der Waals surface area (Å²) in [6.45, 7) is 4.98. The molecule has 1 aromatic rings. The molecule has 1 aromatic heterocycles. The summed E-state index contributed by atoms with van der Waals surface area (Å²) in [6.07, 6.45) is 5.55. The maximum Gasteiger partial charge on any atom is 0.317 e. The van der Waals surface area contributed by atoms with E-state index in [0.29, 0.717) is 30.8 Å². The molecule has 0 radical (unpaired) electrons. The molecule has 2 aliphatic rings. The van der Waals surface area contributed by atoms with Crippen molar-refractivity contribution in [2.75, 3.05) is 47.4 Å². The second kappa shape index (κ2) is 12.2. The van der Waals surface area contributed by atoms with E-state index in [1.165, 1.54) is 0 Å². The van der Waals surface area contributed by atoms with E-state index >= 15 is 0 Å². The van der Waals surface area contributed by atoms with Crippen LogP contribution in [-0.2, 0) is 0 Å². The van der Waals surface area contributed by atoms with Gasteiger partial charge in [-0.2, -0.15) is 0 Å². The number of aliphatic hydroxyl groups is 1. The molecule has 35 heavy (non-hydrogen) atoms. The van der Waals surface area contributed by atoms with E-state index < -0.39 is 0 Å². The van der Waals surface area contributed by atoms with Gasteiger partial charge in [-0.05, 0) is 39.9 Å². The average molecular weight is 486 g/mol. The zero-order valence-electron chi connectivity index (χ0n) is 21.6. The molecule has 9 heteroatoms. The van der Waals surface area contributed by atoms with E-state index in [1.54, 1.807) is 29.1 Å². The topological polar surface area (TPSA) is 98.2 Å². The molecule has 3 rings (SSSR count). The van der Waals surface area contributed by atoms with E-state index in [9.17, 15) is 14.7 Å². The number of carbonyl (C=O) groups excluding carboxylic acids is 2. The highest BCUT2D eigenvalue weighted by molar-refractivity contribution is 5.97. The number of aliphatic hydroxyl groups excluding tert-OH is 1. The molecule has 0 spiro atoms. The zero-order chi connectivity index (χ0) is 25.5. The van der Waals surface area contributed by atoms with Crippen molar-refractivity contribution in [3.05, 3.63) is 23.4 Å².